The van der Waals surface area contributed by atoms with Crippen LogP contribution in [-0.4, -0.2) is 21.0 Å². The summed E-state index contributed by atoms with van der Waals surface area (Å²) in [6.45, 7) is 14.4. The predicted molar refractivity (Wildman–Crippen MR) is 80.3 cm³/mol. The van der Waals surface area contributed by atoms with Gasteiger partial charge >= 0.3 is 0 Å². The molecule has 1 unspecified atom stereocenters. The van der Waals surface area contributed by atoms with Gasteiger partial charge in [0.2, 0.25) is 0 Å². The van der Waals surface area contributed by atoms with Crippen LogP contribution in [0.5, 0.6) is 0 Å². The summed E-state index contributed by atoms with van der Waals surface area (Å²) in [5, 5.41) is 1.49. The van der Waals surface area contributed by atoms with Crippen LogP contribution in [0.2, 0.25) is 44.8 Å². The molecule has 0 N–H and O–H groups in total. The van der Waals surface area contributed by atoms with E-state index in [1.54, 1.807) is 0 Å². The normalized spacial score (nSPS) is 22.9. The van der Waals surface area contributed by atoms with Gasteiger partial charge in [-0.25, -0.2) is 0 Å². The van der Waals surface area contributed by atoms with Crippen LogP contribution in [0.4, 0.5) is 0 Å². The minimum Gasteiger partial charge on any atom is -0.0847 e. The molecule has 3 heteroatoms. The van der Waals surface area contributed by atoms with Gasteiger partial charge in [-0.3, -0.25) is 0 Å². The van der Waals surface area contributed by atoms with Crippen LogP contribution < -0.4 is 0 Å². The molecule has 1 aliphatic rings. The molecule has 1 rings (SSSR count). The van der Waals surface area contributed by atoms with Crippen molar-refractivity contribution in [3.05, 3.63) is 23.4 Å². The van der Waals surface area contributed by atoms with Crippen molar-refractivity contribution < 1.29 is 0 Å². The molecular weight excluding hydrogens is 232 g/mol. The van der Waals surface area contributed by atoms with E-state index in [0.717, 1.165) is 0 Å². The Morgan fingerprint density at radius 3 is 2.00 bits per heavy atom. The molecular formula is C12H22SSi2. The van der Waals surface area contributed by atoms with E-state index in [9.17, 15) is 0 Å². The van der Waals surface area contributed by atoms with Gasteiger partial charge in [-0.15, -0.1) is 0 Å². The molecule has 0 saturated carbocycles. The zero-order chi connectivity index (χ0) is 11.9. The second-order valence-electron chi connectivity index (χ2n) is 6.42. The summed E-state index contributed by atoms with van der Waals surface area (Å²) in [5.74, 6) is 0. The lowest BCUT2D eigenvalue weighted by atomic mass is 10.2. The van der Waals surface area contributed by atoms with Crippen LogP contribution in [-0.2, 0) is 0 Å². The fraction of sp³-hybridized carbons (Fsp3) is 0.583. The van der Waals surface area contributed by atoms with Gasteiger partial charge in [0.15, 0.2) is 0 Å². The molecule has 0 amide bonds. The highest BCUT2D eigenvalue weighted by Crippen LogP contribution is 2.34. The van der Waals surface area contributed by atoms with Crippen molar-refractivity contribution in [2.24, 2.45) is 0 Å². The van der Waals surface area contributed by atoms with Gasteiger partial charge in [-0.1, -0.05) is 69.7 Å². The number of thiocarbonyl (C=S) groups is 1. The van der Waals surface area contributed by atoms with E-state index in [-0.39, 0.29) is 0 Å². The molecule has 0 heterocycles. The van der Waals surface area contributed by atoms with Crippen LogP contribution >= 0.6 is 12.2 Å². The Balaban J connectivity index is 3.05. The van der Waals surface area contributed by atoms with Gasteiger partial charge in [0.05, 0.1) is 16.1 Å². The van der Waals surface area contributed by atoms with Gasteiger partial charge in [-0.05, 0) is 5.20 Å². The fourth-order valence-corrected chi connectivity index (χ4v) is 7.29. The molecule has 0 saturated heterocycles. The van der Waals surface area contributed by atoms with Crippen molar-refractivity contribution >= 4 is 33.2 Å². The topological polar surface area (TPSA) is 0 Å². The van der Waals surface area contributed by atoms with E-state index < -0.39 is 16.1 Å². The fourth-order valence-electron chi connectivity index (χ4n) is 1.90. The summed E-state index contributed by atoms with van der Waals surface area (Å²) in [6.07, 6.45) is 6.80. The van der Waals surface area contributed by atoms with Crippen molar-refractivity contribution in [3.63, 3.8) is 0 Å². The Kier molecular flexibility index (Phi) is 3.58. The zero-order valence-electron chi connectivity index (χ0n) is 10.7. The first-order valence-corrected chi connectivity index (χ1v) is 13.1. The number of rotatable bonds is 2. The highest BCUT2D eigenvalue weighted by atomic mass is 32.1. The first kappa shape index (κ1) is 13.1. The maximum atomic E-state index is 5.69. The van der Waals surface area contributed by atoms with Crippen LogP contribution in [0.3, 0.4) is 0 Å². The van der Waals surface area contributed by atoms with Gasteiger partial charge < -0.3 is 0 Å². The third-order valence-corrected chi connectivity index (χ3v) is 8.12. The number of allylic oxidation sites excluding steroid dienone is 4. The van der Waals surface area contributed by atoms with Crippen molar-refractivity contribution in [2.45, 2.75) is 44.8 Å². The SMILES string of the molecule is C[Si](C)(C)C1=CC=CC([Si](C)(C)C)C1=S. The summed E-state index contributed by atoms with van der Waals surface area (Å²) in [5.41, 5.74) is 0.569. The quantitative estimate of drug-likeness (QED) is 0.519. The third-order valence-electron chi connectivity index (χ3n) is 2.86. The van der Waals surface area contributed by atoms with Crippen molar-refractivity contribution in [1.29, 1.82) is 0 Å². The molecule has 84 valence electrons. The molecule has 0 aromatic rings. The van der Waals surface area contributed by atoms with Crippen molar-refractivity contribution in [2.75, 3.05) is 0 Å². The first-order valence-electron chi connectivity index (χ1n) is 5.57. The van der Waals surface area contributed by atoms with E-state index in [1.165, 1.54) is 10.1 Å². The van der Waals surface area contributed by atoms with Crippen LogP contribution in [0, 0.1) is 0 Å². The molecule has 0 fully saturated rings. The maximum Gasteiger partial charge on any atom is 0.0790 e. The van der Waals surface area contributed by atoms with E-state index in [1.807, 2.05) is 0 Å². The van der Waals surface area contributed by atoms with Crippen LogP contribution in [0.15, 0.2) is 23.4 Å². The lowest BCUT2D eigenvalue weighted by molar-refractivity contribution is 1.33. The third kappa shape index (κ3) is 2.98. The number of hydrogen-bond acceptors (Lipinski definition) is 1. The average Bonchev–Trinajstić information content (AvgIpc) is 1.99. The highest BCUT2D eigenvalue weighted by Gasteiger charge is 2.34. The van der Waals surface area contributed by atoms with E-state index in [2.05, 4.69) is 57.5 Å². The van der Waals surface area contributed by atoms with Crippen LogP contribution in [0.25, 0.3) is 0 Å². The minimum absolute atomic E-state index is 0.569. The Morgan fingerprint density at radius 2 is 1.60 bits per heavy atom. The molecule has 0 aromatic carbocycles. The van der Waals surface area contributed by atoms with Gasteiger partial charge in [-0.2, -0.15) is 0 Å². The minimum atomic E-state index is -1.25. The van der Waals surface area contributed by atoms with Gasteiger partial charge in [0.1, 0.15) is 0 Å². The summed E-state index contributed by atoms with van der Waals surface area (Å²) >= 11 is 5.69. The molecule has 1 aliphatic carbocycles. The molecule has 0 radical (unpaired) electrons. The Bertz CT molecular complexity index is 327. The van der Waals surface area contributed by atoms with E-state index in [0.29, 0.717) is 5.54 Å². The molecule has 0 aliphatic heterocycles. The lowest BCUT2D eigenvalue weighted by Crippen LogP contribution is -2.39. The van der Waals surface area contributed by atoms with Crippen molar-refractivity contribution in [3.8, 4) is 0 Å². The lowest BCUT2D eigenvalue weighted by Gasteiger charge is -2.34. The van der Waals surface area contributed by atoms with Crippen LogP contribution in [0.1, 0.15) is 0 Å². The number of hydrogen-bond donors (Lipinski definition) is 0. The monoisotopic (exact) mass is 254 g/mol. The van der Waals surface area contributed by atoms with E-state index in [4.69, 9.17) is 12.2 Å². The first-order chi connectivity index (χ1) is 6.64. The molecule has 1 atom stereocenters. The average molecular weight is 255 g/mol. The predicted octanol–water partition coefficient (Wildman–Crippen LogP) is 4.44. The maximum absolute atomic E-state index is 5.69. The Labute approximate surface area is 101 Å². The largest absolute Gasteiger partial charge is 0.0847 e. The second-order valence-corrected chi connectivity index (χ2v) is 17.3. The summed E-state index contributed by atoms with van der Waals surface area (Å²) in [4.78, 5) is 1.25. The van der Waals surface area contributed by atoms with Crippen molar-refractivity contribution in [1.82, 2.24) is 0 Å². The molecule has 0 bridgehead atoms. The Hall–Kier alpha value is 0.00377. The summed E-state index contributed by atoms with van der Waals surface area (Å²) in [6, 6.07) is 0. The Morgan fingerprint density at radius 1 is 1.07 bits per heavy atom. The second kappa shape index (κ2) is 4.11. The summed E-state index contributed by atoms with van der Waals surface area (Å²) in [7, 11) is -2.44. The standard InChI is InChI=1S/C12H22SSi2/c1-14(2,3)10-8-7-9-11(12(10)13)15(4,5)6/h7-10H,1-6H3. The van der Waals surface area contributed by atoms with E-state index >= 15 is 0 Å². The highest BCUT2D eigenvalue weighted by molar-refractivity contribution is 7.81. The molecule has 0 nitrogen and oxygen atoms in total. The smallest absolute Gasteiger partial charge is 0.0790 e. The molecule has 0 aromatic heterocycles. The molecule has 15 heavy (non-hydrogen) atoms. The van der Waals surface area contributed by atoms with Gasteiger partial charge in [0.25, 0.3) is 0 Å². The molecule has 0 spiro atoms. The van der Waals surface area contributed by atoms with Gasteiger partial charge in [0, 0.05) is 10.4 Å². The zero-order valence-corrected chi connectivity index (χ0v) is 13.5. The summed E-state index contributed by atoms with van der Waals surface area (Å²) < 4.78 is 0.